The van der Waals surface area contributed by atoms with Crippen LogP contribution in [-0.4, -0.2) is 31.8 Å². The Kier molecular flexibility index (Phi) is 3.90. The molecule has 1 heterocycles. The average molecular weight is 385 g/mol. The summed E-state index contributed by atoms with van der Waals surface area (Å²) < 4.78 is 0. The Morgan fingerprint density at radius 3 is 2.57 bits per heavy atom. The van der Waals surface area contributed by atoms with Crippen molar-refractivity contribution < 1.29 is 15.0 Å². The van der Waals surface area contributed by atoms with Gasteiger partial charge in [-0.05, 0) is 74.2 Å². The fraction of sp³-hybridized carbons (Fsp3) is 0.783. The summed E-state index contributed by atoms with van der Waals surface area (Å²) in [5.74, 6) is 1.52. The van der Waals surface area contributed by atoms with Gasteiger partial charge in [0.2, 0.25) is 0 Å². The SMILES string of the molecule is C[C@]12CCC(=O)C[C@H]1CC[C@@H]1[C@@H]2CC[C@]2(C)[C@@](O)(c3ccnnc3)CC[C@]12O. The van der Waals surface area contributed by atoms with Gasteiger partial charge in [-0.25, -0.2) is 0 Å². The number of carbonyl (C=O) groups excluding carboxylic acids is 1. The molecule has 152 valence electrons. The van der Waals surface area contributed by atoms with E-state index in [-0.39, 0.29) is 11.3 Å². The molecule has 0 radical (unpaired) electrons. The van der Waals surface area contributed by atoms with Crippen LogP contribution >= 0.6 is 0 Å². The van der Waals surface area contributed by atoms with E-state index in [4.69, 9.17) is 0 Å². The minimum absolute atomic E-state index is 0.146. The highest BCUT2D eigenvalue weighted by Crippen LogP contribution is 2.71. The lowest BCUT2D eigenvalue weighted by Gasteiger charge is -2.63. The van der Waals surface area contributed by atoms with Gasteiger partial charge in [-0.1, -0.05) is 13.8 Å². The molecule has 4 aliphatic rings. The summed E-state index contributed by atoms with van der Waals surface area (Å²) in [5, 5.41) is 31.9. The van der Waals surface area contributed by atoms with Gasteiger partial charge in [0.15, 0.2) is 0 Å². The first-order chi connectivity index (χ1) is 13.2. The molecule has 5 heteroatoms. The lowest BCUT2D eigenvalue weighted by Crippen LogP contribution is -2.64. The van der Waals surface area contributed by atoms with Gasteiger partial charge in [-0.3, -0.25) is 4.79 Å². The van der Waals surface area contributed by atoms with E-state index in [9.17, 15) is 15.0 Å². The number of hydrogen-bond donors (Lipinski definition) is 2. The number of aliphatic hydroxyl groups is 2. The maximum Gasteiger partial charge on any atom is 0.133 e. The second-order valence-electron chi connectivity index (χ2n) is 10.5. The van der Waals surface area contributed by atoms with Crippen molar-refractivity contribution in [2.24, 2.45) is 28.6 Å². The molecular weight excluding hydrogens is 352 g/mol. The van der Waals surface area contributed by atoms with E-state index in [1.165, 1.54) is 0 Å². The Balaban J connectivity index is 1.53. The minimum atomic E-state index is -1.07. The van der Waals surface area contributed by atoms with Crippen LogP contribution in [0.1, 0.15) is 77.2 Å². The monoisotopic (exact) mass is 384 g/mol. The summed E-state index contributed by atoms with van der Waals surface area (Å²) in [5.41, 5.74) is -1.60. The van der Waals surface area contributed by atoms with Crippen LogP contribution in [0.25, 0.3) is 0 Å². The fourth-order valence-corrected chi connectivity index (χ4v) is 8.03. The third-order valence-corrected chi connectivity index (χ3v) is 9.87. The molecule has 7 atom stereocenters. The summed E-state index contributed by atoms with van der Waals surface area (Å²) in [6, 6.07) is 1.85. The minimum Gasteiger partial charge on any atom is -0.389 e. The molecule has 0 saturated heterocycles. The maximum atomic E-state index is 12.2. The topological polar surface area (TPSA) is 83.3 Å². The highest BCUT2D eigenvalue weighted by molar-refractivity contribution is 5.79. The van der Waals surface area contributed by atoms with E-state index in [0.717, 1.165) is 44.1 Å². The average Bonchev–Trinajstić information content (AvgIpc) is 2.91. The van der Waals surface area contributed by atoms with Crippen LogP contribution in [0.5, 0.6) is 0 Å². The lowest BCUT2D eigenvalue weighted by atomic mass is 9.43. The number of hydrogen-bond acceptors (Lipinski definition) is 5. The molecule has 0 aliphatic heterocycles. The molecule has 0 aromatic carbocycles. The summed E-state index contributed by atoms with van der Waals surface area (Å²) in [6.45, 7) is 4.47. The quantitative estimate of drug-likeness (QED) is 0.775. The summed E-state index contributed by atoms with van der Waals surface area (Å²) in [6.07, 6.45) is 10.7. The molecule has 2 N–H and O–H groups in total. The standard InChI is InChI=1S/C23H32N2O3/c1-20-8-5-17(26)13-15(20)3-4-19-18(20)6-9-21(2)22(27,10-11-23(19,21)28)16-7-12-24-25-14-16/h7,12,14-15,18-19,27-28H,3-6,8-11,13H2,1-2H3/t15-,18+,19-,20+,21-,22+,23+/m1/s1. The van der Waals surface area contributed by atoms with Crippen LogP contribution in [0, 0.1) is 28.6 Å². The van der Waals surface area contributed by atoms with Crippen molar-refractivity contribution in [3.63, 3.8) is 0 Å². The van der Waals surface area contributed by atoms with Gasteiger partial charge < -0.3 is 10.2 Å². The number of fused-ring (bicyclic) bond motifs is 5. The first kappa shape index (κ1) is 18.7. The molecule has 5 rings (SSSR count). The molecule has 1 aromatic heterocycles. The molecule has 1 aromatic rings. The first-order valence-corrected chi connectivity index (χ1v) is 11.0. The van der Waals surface area contributed by atoms with Crippen molar-refractivity contribution in [2.75, 3.05) is 0 Å². The highest BCUT2D eigenvalue weighted by atomic mass is 16.3. The van der Waals surface area contributed by atoms with Crippen molar-refractivity contribution in [3.8, 4) is 0 Å². The predicted octanol–water partition coefficient (Wildman–Crippen LogP) is 3.39. The number of Topliss-reactive ketones (excluding diaryl/α,β-unsaturated/α-hetero) is 1. The van der Waals surface area contributed by atoms with Crippen LogP contribution in [0.15, 0.2) is 18.5 Å². The maximum absolute atomic E-state index is 12.2. The second-order valence-corrected chi connectivity index (χ2v) is 10.5. The Morgan fingerprint density at radius 2 is 1.82 bits per heavy atom. The van der Waals surface area contributed by atoms with Crippen molar-refractivity contribution in [1.82, 2.24) is 10.2 Å². The van der Waals surface area contributed by atoms with E-state index in [1.807, 2.05) is 6.07 Å². The third-order valence-electron chi connectivity index (χ3n) is 9.87. The largest absolute Gasteiger partial charge is 0.389 e. The Labute approximate surface area is 166 Å². The molecule has 28 heavy (non-hydrogen) atoms. The van der Waals surface area contributed by atoms with Crippen LogP contribution in [0.2, 0.25) is 0 Å². The van der Waals surface area contributed by atoms with Gasteiger partial charge in [0.1, 0.15) is 5.78 Å². The van der Waals surface area contributed by atoms with Crippen LogP contribution in [0.3, 0.4) is 0 Å². The molecule has 4 saturated carbocycles. The number of rotatable bonds is 1. The highest BCUT2D eigenvalue weighted by Gasteiger charge is 2.72. The Morgan fingerprint density at radius 1 is 1.00 bits per heavy atom. The normalized spacial score (nSPS) is 50.6. The number of ketones is 1. The smallest absolute Gasteiger partial charge is 0.133 e. The molecular formula is C23H32N2O3. The van der Waals surface area contributed by atoms with Crippen LogP contribution in [-0.2, 0) is 10.4 Å². The second kappa shape index (κ2) is 5.85. The zero-order chi connectivity index (χ0) is 19.8. The third kappa shape index (κ3) is 2.12. The zero-order valence-corrected chi connectivity index (χ0v) is 17.0. The molecule has 4 fully saturated rings. The van der Waals surface area contributed by atoms with Gasteiger partial charge >= 0.3 is 0 Å². The fourth-order valence-electron chi connectivity index (χ4n) is 8.03. The van der Waals surface area contributed by atoms with E-state index in [0.29, 0.717) is 36.9 Å². The molecule has 0 spiro atoms. The first-order valence-electron chi connectivity index (χ1n) is 11.0. The lowest BCUT2D eigenvalue weighted by molar-refractivity contribution is -0.235. The predicted molar refractivity (Wildman–Crippen MR) is 104 cm³/mol. The summed E-state index contributed by atoms with van der Waals surface area (Å²) >= 11 is 0. The zero-order valence-electron chi connectivity index (χ0n) is 17.0. The molecule has 5 nitrogen and oxygen atoms in total. The molecule has 0 unspecified atom stereocenters. The Bertz CT molecular complexity index is 800. The number of aromatic nitrogens is 2. The van der Waals surface area contributed by atoms with Gasteiger partial charge in [-0.15, -0.1) is 0 Å². The van der Waals surface area contributed by atoms with Gasteiger partial charge in [0, 0.05) is 30.0 Å². The van der Waals surface area contributed by atoms with Crippen LogP contribution < -0.4 is 0 Å². The molecule has 0 amide bonds. The number of nitrogens with zero attached hydrogens (tertiary/aromatic N) is 2. The summed E-state index contributed by atoms with van der Waals surface area (Å²) in [7, 11) is 0. The van der Waals surface area contributed by atoms with Crippen molar-refractivity contribution in [2.45, 2.75) is 82.8 Å². The van der Waals surface area contributed by atoms with Gasteiger partial charge in [0.25, 0.3) is 0 Å². The molecule has 4 aliphatic carbocycles. The molecule has 0 bridgehead atoms. The van der Waals surface area contributed by atoms with E-state index >= 15 is 0 Å². The van der Waals surface area contributed by atoms with Crippen LogP contribution in [0.4, 0.5) is 0 Å². The van der Waals surface area contributed by atoms with Crippen molar-refractivity contribution in [1.29, 1.82) is 0 Å². The van der Waals surface area contributed by atoms with E-state index < -0.39 is 16.6 Å². The Hall–Kier alpha value is -1.33. The number of carbonyl (C=O) groups is 1. The van der Waals surface area contributed by atoms with E-state index in [2.05, 4.69) is 24.0 Å². The summed E-state index contributed by atoms with van der Waals surface area (Å²) in [4.78, 5) is 12.1. The van der Waals surface area contributed by atoms with Gasteiger partial charge in [-0.2, -0.15) is 10.2 Å². The van der Waals surface area contributed by atoms with E-state index in [1.54, 1.807) is 12.4 Å². The van der Waals surface area contributed by atoms with Crippen molar-refractivity contribution >= 4 is 5.78 Å². The van der Waals surface area contributed by atoms with Crippen molar-refractivity contribution in [3.05, 3.63) is 24.0 Å². The van der Waals surface area contributed by atoms with Gasteiger partial charge in [0.05, 0.1) is 17.4 Å².